The van der Waals surface area contributed by atoms with Crippen molar-refractivity contribution in [2.24, 2.45) is 0 Å². The Morgan fingerprint density at radius 3 is 2.39 bits per heavy atom. The van der Waals surface area contributed by atoms with Gasteiger partial charge in [0.2, 0.25) is 0 Å². The Balaban J connectivity index is 2.13. The van der Waals surface area contributed by atoms with Crippen molar-refractivity contribution in [1.82, 2.24) is 5.06 Å². The van der Waals surface area contributed by atoms with Crippen LogP contribution in [0.5, 0.6) is 0 Å². The zero-order chi connectivity index (χ0) is 21.2. The van der Waals surface area contributed by atoms with Gasteiger partial charge in [-0.3, -0.25) is 0 Å². The lowest BCUT2D eigenvalue weighted by atomic mass is 10.1. The molecule has 3 atom stereocenters. The average molecular weight is 407 g/mol. The fourth-order valence-corrected chi connectivity index (χ4v) is 3.96. The Morgan fingerprint density at radius 2 is 1.86 bits per heavy atom. The normalized spacial score (nSPS) is 23.6. The van der Waals surface area contributed by atoms with Gasteiger partial charge < -0.3 is 19.1 Å². The van der Waals surface area contributed by atoms with Gasteiger partial charge in [0.15, 0.2) is 20.1 Å². The number of hydrogen-bond donors (Lipinski definition) is 1. The van der Waals surface area contributed by atoms with Crippen molar-refractivity contribution in [2.75, 3.05) is 6.61 Å². The molecular formula is C21H34N2O4Si. The van der Waals surface area contributed by atoms with Crippen molar-refractivity contribution >= 4 is 8.32 Å². The second-order valence-electron chi connectivity index (χ2n) is 9.37. The monoisotopic (exact) mass is 406 g/mol. The molecule has 1 N–H and O–H groups in total. The molecule has 28 heavy (non-hydrogen) atoms. The summed E-state index contributed by atoms with van der Waals surface area (Å²) in [4.78, 5) is 0. The van der Waals surface area contributed by atoms with Gasteiger partial charge in [-0.05, 0) is 37.5 Å². The smallest absolute Gasteiger partial charge is 0.192 e. The molecule has 0 amide bonds. The maximum atomic E-state index is 10.6. The Kier molecular flexibility index (Phi) is 7.08. The standard InChI is InChI=1S/C21H34N2O4Si/c1-20(2,3)28(6,7)25-15-18-19(27-21(4,5)26-18)17(13-22)23(24)14-16-11-9-8-10-12-16/h8-12,17-19,24H,14-15H2,1-7H3/t17-,18+,19+/m1/s1. The van der Waals surface area contributed by atoms with Crippen LogP contribution in [0.15, 0.2) is 30.3 Å². The van der Waals surface area contributed by atoms with E-state index < -0.39 is 32.4 Å². The van der Waals surface area contributed by atoms with Gasteiger partial charge in [-0.1, -0.05) is 51.1 Å². The van der Waals surface area contributed by atoms with Crippen LogP contribution >= 0.6 is 0 Å². The Labute approximate surface area is 170 Å². The minimum absolute atomic E-state index is 0.0719. The second kappa shape index (κ2) is 8.62. The molecule has 1 aromatic carbocycles. The Hall–Kier alpha value is -1.27. The Morgan fingerprint density at radius 1 is 1.25 bits per heavy atom. The van der Waals surface area contributed by atoms with Crippen molar-refractivity contribution in [3.05, 3.63) is 35.9 Å². The van der Waals surface area contributed by atoms with Crippen molar-refractivity contribution in [1.29, 1.82) is 5.26 Å². The molecule has 2 rings (SSSR count). The van der Waals surface area contributed by atoms with Gasteiger partial charge in [-0.25, -0.2) is 0 Å². The van der Waals surface area contributed by atoms with Crippen LogP contribution in [0.3, 0.4) is 0 Å². The molecule has 1 fully saturated rings. The SMILES string of the molecule is CC1(C)O[C@@H]([C@@H](C#N)N(O)Cc2ccccc2)[C@H](CO[Si](C)(C)C(C)(C)C)O1. The van der Waals surface area contributed by atoms with Crippen molar-refractivity contribution in [3.63, 3.8) is 0 Å². The largest absolute Gasteiger partial charge is 0.414 e. The number of nitriles is 1. The van der Waals surface area contributed by atoms with Gasteiger partial charge in [0.05, 0.1) is 19.2 Å². The summed E-state index contributed by atoms with van der Waals surface area (Å²) in [6.07, 6.45) is -1.04. The van der Waals surface area contributed by atoms with Crippen LogP contribution in [-0.4, -0.2) is 49.2 Å². The van der Waals surface area contributed by atoms with Gasteiger partial charge >= 0.3 is 0 Å². The van der Waals surface area contributed by atoms with Gasteiger partial charge in [0, 0.05) is 0 Å². The summed E-state index contributed by atoms with van der Waals surface area (Å²) in [5.74, 6) is -0.838. The van der Waals surface area contributed by atoms with E-state index >= 15 is 0 Å². The summed E-state index contributed by atoms with van der Waals surface area (Å²) in [7, 11) is -1.98. The topological polar surface area (TPSA) is 75.0 Å². The van der Waals surface area contributed by atoms with Crippen LogP contribution in [0.2, 0.25) is 18.1 Å². The number of hydrogen-bond acceptors (Lipinski definition) is 6. The number of rotatable bonds is 7. The van der Waals surface area contributed by atoms with Crippen LogP contribution in [0.1, 0.15) is 40.2 Å². The molecule has 7 heteroatoms. The highest BCUT2D eigenvalue weighted by Crippen LogP contribution is 2.38. The van der Waals surface area contributed by atoms with E-state index in [4.69, 9.17) is 13.9 Å². The minimum Gasteiger partial charge on any atom is -0.414 e. The molecule has 1 aliphatic rings. The molecule has 1 aliphatic heterocycles. The molecule has 1 aromatic rings. The summed E-state index contributed by atoms with van der Waals surface area (Å²) in [6.45, 7) is 15.1. The summed E-state index contributed by atoms with van der Waals surface area (Å²) in [5.41, 5.74) is 0.914. The van der Waals surface area contributed by atoms with Crippen molar-refractivity contribution in [3.8, 4) is 6.07 Å². The average Bonchev–Trinajstić information content (AvgIpc) is 2.88. The van der Waals surface area contributed by atoms with E-state index in [-0.39, 0.29) is 11.6 Å². The lowest BCUT2D eigenvalue weighted by Gasteiger charge is -2.37. The van der Waals surface area contributed by atoms with Gasteiger partial charge in [-0.2, -0.15) is 10.3 Å². The molecule has 1 saturated heterocycles. The fraction of sp³-hybridized carbons (Fsp3) is 0.667. The summed E-state index contributed by atoms with van der Waals surface area (Å²) in [5, 5.41) is 21.5. The van der Waals surface area contributed by atoms with E-state index in [2.05, 4.69) is 39.9 Å². The first-order chi connectivity index (χ1) is 12.9. The molecule has 1 heterocycles. The second-order valence-corrected chi connectivity index (χ2v) is 14.2. The highest BCUT2D eigenvalue weighted by atomic mass is 28.4. The predicted octanol–water partition coefficient (Wildman–Crippen LogP) is 4.31. The van der Waals surface area contributed by atoms with Crippen molar-refractivity contribution < 1.29 is 19.1 Å². The number of nitrogens with zero attached hydrogens (tertiary/aromatic N) is 2. The maximum absolute atomic E-state index is 10.6. The molecule has 156 valence electrons. The first-order valence-electron chi connectivity index (χ1n) is 9.75. The van der Waals surface area contributed by atoms with Crippen LogP contribution < -0.4 is 0 Å². The van der Waals surface area contributed by atoms with Gasteiger partial charge in [0.25, 0.3) is 0 Å². The number of benzene rings is 1. The molecule has 0 aliphatic carbocycles. The number of hydroxylamine groups is 2. The highest BCUT2D eigenvalue weighted by molar-refractivity contribution is 6.74. The number of ether oxygens (including phenoxy) is 2. The van der Waals surface area contributed by atoms with E-state index in [1.807, 2.05) is 44.2 Å². The fourth-order valence-electron chi connectivity index (χ4n) is 2.95. The van der Waals surface area contributed by atoms with Gasteiger partial charge in [0.1, 0.15) is 12.2 Å². The third-order valence-electron chi connectivity index (χ3n) is 5.59. The summed E-state index contributed by atoms with van der Waals surface area (Å²) < 4.78 is 18.4. The summed E-state index contributed by atoms with van der Waals surface area (Å²) >= 11 is 0. The Bertz CT molecular complexity index is 682. The first-order valence-corrected chi connectivity index (χ1v) is 12.7. The van der Waals surface area contributed by atoms with Crippen LogP contribution in [0.25, 0.3) is 0 Å². The third-order valence-corrected chi connectivity index (χ3v) is 10.1. The maximum Gasteiger partial charge on any atom is 0.192 e. The molecule has 0 radical (unpaired) electrons. The van der Waals surface area contributed by atoms with Crippen LogP contribution in [0.4, 0.5) is 0 Å². The summed E-state index contributed by atoms with van der Waals surface area (Å²) in [6, 6.07) is 10.9. The molecule has 0 bridgehead atoms. The van der Waals surface area contributed by atoms with Gasteiger partial charge in [-0.15, -0.1) is 0 Å². The van der Waals surface area contributed by atoms with E-state index in [9.17, 15) is 10.5 Å². The van der Waals surface area contributed by atoms with E-state index in [0.717, 1.165) is 10.6 Å². The van der Waals surface area contributed by atoms with E-state index in [1.54, 1.807) is 0 Å². The first kappa shape index (κ1) is 23.0. The van der Waals surface area contributed by atoms with Crippen LogP contribution in [0, 0.1) is 11.3 Å². The molecule has 0 unspecified atom stereocenters. The molecule has 0 aromatic heterocycles. The third kappa shape index (κ3) is 5.63. The minimum atomic E-state index is -1.98. The molecule has 6 nitrogen and oxygen atoms in total. The van der Waals surface area contributed by atoms with Crippen LogP contribution in [-0.2, 0) is 20.4 Å². The molecule has 0 spiro atoms. The lowest BCUT2D eigenvalue weighted by Crippen LogP contribution is -2.49. The quantitative estimate of drug-likeness (QED) is 0.537. The zero-order valence-electron chi connectivity index (χ0n) is 18.1. The van der Waals surface area contributed by atoms with Crippen molar-refractivity contribution in [2.45, 2.75) is 83.3 Å². The molecular weight excluding hydrogens is 372 g/mol. The highest BCUT2D eigenvalue weighted by Gasteiger charge is 2.48. The zero-order valence-corrected chi connectivity index (χ0v) is 19.1. The lowest BCUT2D eigenvalue weighted by molar-refractivity contribution is -0.177. The van der Waals surface area contributed by atoms with E-state index in [0.29, 0.717) is 6.61 Å². The van der Waals surface area contributed by atoms with E-state index in [1.165, 1.54) is 0 Å². The molecule has 0 saturated carbocycles. The predicted molar refractivity (Wildman–Crippen MR) is 110 cm³/mol.